The minimum Gasteiger partial charge on any atom is -0.378 e. The van der Waals surface area contributed by atoms with Crippen molar-refractivity contribution in [3.05, 3.63) is 35.3 Å². The highest BCUT2D eigenvalue weighted by Gasteiger charge is 2.25. The predicted molar refractivity (Wildman–Crippen MR) is 137 cm³/mol. The Morgan fingerprint density at radius 2 is 1.89 bits per heavy atom. The summed E-state index contributed by atoms with van der Waals surface area (Å²) in [6.07, 6.45) is 3.11. The number of aromatic nitrogens is 4. The van der Waals surface area contributed by atoms with Gasteiger partial charge in [0.05, 0.1) is 47.1 Å². The summed E-state index contributed by atoms with van der Waals surface area (Å²) >= 11 is 1.67. The van der Waals surface area contributed by atoms with E-state index >= 15 is 0 Å². The highest BCUT2D eigenvalue weighted by Crippen LogP contribution is 2.36. The van der Waals surface area contributed by atoms with Gasteiger partial charge in [-0.3, -0.25) is 10.00 Å². The molecule has 6 rings (SSSR count). The number of ether oxygens (including phenoxy) is 1. The maximum atomic E-state index is 11.9. The van der Waals surface area contributed by atoms with Crippen molar-refractivity contribution in [2.45, 2.75) is 6.54 Å². The predicted octanol–water partition coefficient (Wildman–Crippen LogP) is 2.15. The van der Waals surface area contributed by atoms with E-state index in [9.17, 15) is 8.42 Å². The van der Waals surface area contributed by atoms with Crippen LogP contribution in [0, 0.1) is 0 Å². The van der Waals surface area contributed by atoms with Crippen LogP contribution in [0.25, 0.3) is 32.4 Å². The minimum absolute atomic E-state index is 0.519. The van der Waals surface area contributed by atoms with Crippen molar-refractivity contribution in [2.24, 2.45) is 0 Å². The molecular weight excluding hydrogens is 486 g/mol. The number of H-pyrrole nitrogens is 1. The summed E-state index contributed by atoms with van der Waals surface area (Å²) in [6.45, 7) is 6.04. The van der Waals surface area contributed by atoms with Gasteiger partial charge in [0.1, 0.15) is 0 Å². The zero-order chi connectivity index (χ0) is 24.0. The summed E-state index contributed by atoms with van der Waals surface area (Å²) in [4.78, 5) is 14.6. The summed E-state index contributed by atoms with van der Waals surface area (Å²) < 4.78 is 31.9. The number of nitrogens with zero attached hydrogens (tertiary/aromatic N) is 6. The van der Waals surface area contributed by atoms with Gasteiger partial charge in [0.15, 0.2) is 0 Å². The maximum absolute atomic E-state index is 11.9. The summed E-state index contributed by atoms with van der Waals surface area (Å²) in [7, 11) is -3.15. The standard InChI is InChI=1S/C23H27N7O3S2/c1-35(31,32)30-6-4-28(5-7-30)14-18-15-34-22-20(16-2-3-19-17(12-16)13-24-27-19)25-23(26-21(18)22)29-8-10-33-11-9-29/h2-3,12-13,15H,4-11,14H2,1H3,(H,24,27). The molecule has 5 heterocycles. The first-order valence-corrected chi connectivity index (χ1v) is 14.4. The van der Waals surface area contributed by atoms with Gasteiger partial charge in [0.25, 0.3) is 0 Å². The molecule has 2 fully saturated rings. The molecule has 0 radical (unpaired) electrons. The molecule has 1 aromatic carbocycles. The number of fused-ring (bicyclic) bond motifs is 2. The zero-order valence-corrected chi connectivity index (χ0v) is 21.1. The summed E-state index contributed by atoms with van der Waals surface area (Å²) in [5.74, 6) is 0.727. The SMILES string of the molecule is CS(=O)(=O)N1CCN(Cc2csc3c(-c4ccc5[nH]ncc5c4)nc(N4CCOCC4)nc23)CC1. The van der Waals surface area contributed by atoms with Gasteiger partial charge in [-0.15, -0.1) is 11.3 Å². The number of benzene rings is 1. The zero-order valence-electron chi connectivity index (χ0n) is 19.5. The summed E-state index contributed by atoms with van der Waals surface area (Å²) in [5.41, 5.74) is 5.08. The quantitative estimate of drug-likeness (QED) is 0.433. The molecule has 0 amide bonds. The number of hydrogen-bond donors (Lipinski definition) is 1. The number of aromatic amines is 1. The van der Waals surface area contributed by atoms with E-state index in [1.165, 1.54) is 6.26 Å². The maximum Gasteiger partial charge on any atom is 0.226 e. The molecular formula is C23H27N7O3S2. The average Bonchev–Trinajstić information content (AvgIpc) is 3.50. The molecule has 2 aliphatic rings. The number of hydrogen-bond acceptors (Lipinski definition) is 9. The molecule has 0 bridgehead atoms. The number of nitrogens with one attached hydrogen (secondary N) is 1. The molecule has 0 aliphatic carbocycles. The third-order valence-electron chi connectivity index (χ3n) is 6.68. The van der Waals surface area contributed by atoms with Crippen molar-refractivity contribution >= 4 is 48.4 Å². The van der Waals surface area contributed by atoms with Crippen molar-refractivity contribution in [1.82, 2.24) is 29.4 Å². The molecule has 0 spiro atoms. The van der Waals surface area contributed by atoms with Gasteiger partial charge in [0.2, 0.25) is 16.0 Å². The largest absolute Gasteiger partial charge is 0.378 e. The van der Waals surface area contributed by atoms with Gasteiger partial charge in [0, 0.05) is 62.3 Å². The van der Waals surface area contributed by atoms with Crippen LogP contribution in [0.15, 0.2) is 29.8 Å². The Morgan fingerprint density at radius 1 is 1.09 bits per heavy atom. The fourth-order valence-corrected chi connectivity index (χ4v) is 6.55. The smallest absolute Gasteiger partial charge is 0.226 e. The second-order valence-corrected chi connectivity index (χ2v) is 11.9. The average molecular weight is 514 g/mol. The van der Waals surface area contributed by atoms with Gasteiger partial charge in [-0.2, -0.15) is 9.40 Å². The first kappa shape index (κ1) is 22.8. The van der Waals surface area contributed by atoms with Crippen molar-refractivity contribution in [3.8, 4) is 11.3 Å². The number of thiophene rings is 1. The molecule has 1 N–H and O–H groups in total. The minimum atomic E-state index is -3.15. The summed E-state index contributed by atoms with van der Waals surface area (Å²) in [6, 6.07) is 6.23. The lowest BCUT2D eigenvalue weighted by molar-refractivity contribution is 0.122. The molecule has 4 aromatic rings. The van der Waals surface area contributed by atoms with Crippen LogP contribution >= 0.6 is 11.3 Å². The fraction of sp³-hybridized carbons (Fsp3) is 0.435. The Morgan fingerprint density at radius 3 is 2.66 bits per heavy atom. The molecule has 10 nitrogen and oxygen atoms in total. The number of sulfonamides is 1. The molecule has 184 valence electrons. The number of rotatable bonds is 5. The topological polar surface area (TPSA) is 108 Å². The second-order valence-electron chi connectivity index (χ2n) is 9.02. The van der Waals surface area contributed by atoms with Gasteiger partial charge < -0.3 is 9.64 Å². The first-order chi connectivity index (χ1) is 17.0. The Hall–Kier alpha value is -2.64. The van der Waals surface area contributed by atoms with Crippen molar-refractivity contribution in [2.75, 3.05) is 63.6 Å². The van der Waals surface area contributed by atoms with E-state index in [1.807, 2.05) is 12.3 Å². The normalized spacial score (nSPS) is 18.6. The van der Waals surface area contributed by atoms with Crippen LogP contribution in [-0.4, -0.2) is 96.5 Å². The van der Waals surface area contributed by atoms with Crippen LogP contribution in [0.4, 0.5) is 5.95 Å². The summed E-state index contributed by atoms with van der Waals surface area (Å²) in [5, 5.41) is 10.4. The van der Waals surface area contributed by atoms with Crippen LogP contribution in [0.2, 0.25) is 0 Å². The lowest BCUT2D eigenvalue weighted by Gasteiger charge is -2.33. The van der Waals surface area contributed by atoms with E-state index in [4.69, 9.17) is 14.7 Å². The van der Waals surface area contributed by atoms with Crippen LogP contribution in [0.1, 0.15) is 5.56 Å². The number of morpholine rings is 1. The molecule has 0 unspecified atom stereocenters. The Kier molecular flexibility index (Phi) is 5.93. The fourth-order valence-electron chi connectivity index (χ4n) is 4.72. The van der Waals surface area contributed by atoms with Gasteiger partial charge in [-0.1, -0.05) is 6.07 Å². The Labute approximate surface area is 207 Å². The van der Waals surface area contributed by atoms with E-state index in [0.717, 1.165) is 63.5 Å². The van der Waals surface area contributed by atoms with Crippen LogP contribution in [0.3, 0.4) is 0 Å². The molecule has 35 heavy (non-hydrogen) atoms. The van der Waals surface area contributed by atoms with Gasteiger partial charge >= 0.3 is 0 Å². The van der Waals surface area contributed by atoms with E-state index < -0.39 is 10.0 Å². The third kappa shape index (κ3) is 4.52. The van der Waals surface area contributed by atoms with E-state index in [0.29, 0.717) is 39.4 Å². The van der Waals surface area contributed by atoms with Crippen molar-refractivity contribution < 1.29 is 13.2 Å². The lowest BCUT2D eigenvalue weighted by atomic mass is 10.1. The number of piperazine rings is 1. The van der Waals surface area contributed by atoms with E-state index in [2.05, 4.69) is 37.5 Å². The van der Waals surface area contributed by atoms with E-state index in [1.54, 1.807) is 15.6 Å². The van der Waals surface area contributed by atoms with E-state index in [-0.39, 0.29) is 0 Å². The number of anilines is 1. The van der Waals surface area contributed by atoms with Gasteiger partial charge in [-0.25, -0.2) is 18.4 Å². The highest BCUT2D eigenvalue weighted by atomic mass is 32.2. The third-order valence-corrected chi connectivity index (χ3v) is 9.01. The Bertz CT molecular complexity index is 1470. The lowest BCUT2D eigenvalue weighted by Crippen LogP contribution is -2.47. The van der Waals surface area contributed by atoms with Crippen molar-refractivity contribution in [3.63, 3.8) is 0 Å². The van der Waals surface area contributed by atoms with Crippen LogP contribution in [0.5, 0.6) is 0 Å². The van der Waals surface area contributed by atoms with Crippen LogP contribution in [-0.2, 0) is 21.3 Å². The first-order valence-electron chi connectivity index (χ1n) is 11.7. The second kappa shape index (κ2) is 9.10. The van der Waals surface area contributed by atoms with Crippen molar-refractivity contribution in [1.29, 1.82) is 0 Å². The van der Waals surface area contributed by atoms with Gasteiger partial charge in [-0.05, 0) is 17.5 Å². The molecule has 2 aliphatic heterocycles. The molecule has 0 saturated carbocycles. The molecule has 0 atom stereocenters. The molecule has 2 saturated heterocycles. The monoisotopic (exact) mass is 513 g/mol. The molecule has 12 heteroatoms. The molecule has 3 aromatic heterocycles. The van der Waals surface area contributed by atoms with Crippen LogP contribution < -0.4 is 4.90 Å². The Balaban J connectivity index is 1.37. The highest BCUT2D eigenvalue weighted by molar-refractivity contribution is 7.88.